The Labute approximate surface area is 126 Å². The number of hydrogen-bond donors (Lipinski definition) is 1. The van der Waals surface area contributed by atoms with Gasteiger partial charge in [-0.05, 0) is 29.8 Å². The van der Waals surface area contributed by atoms with Gasteiger partial charge in [-0.25, -0.2) is 9.37 Å². The van der Waals surface area contributed by atoms with Gasteiger partial charge in [0.15, 0.2) is 11.6 Å². The number of ether oxygens (including phenoxy) is 1. The van der Waals surface area contributed by atoms with Gasteiger partial charge in [-0.1, -0.05) is 29.8 Å². The van der Waals surface area contributed by atoms with Crippen LogP contribution in [0, 0.1) is 5.82 Å². The molecule has 1 heterocycles. The molecule has 0 spiro atoms. The average molecular weight is 339 g/mol. The van der Waals surface area contributed by atoms with E-state index in [9.17, 15) is 4.39 Å². The normalized spacial score (nSPS) is 10.8. The van der Waals surface area contributed by atoms with Crippen LogP contribution in [0.1, 0.15) is 19.4 Å². The quantitative estimate of drug-likeness (QED) is 0.883. The number of pyridine rings is 1. The molecule has 0 aliphatic rings. The van der Waals surface area contributed by atoms with E-state index in [4.69, 9.17) is 4.74 Å². The summed E-state index contributed by atoms with van der Waals surface area (Å²) < 4.78 is 19.9. The summed E-state index contributed by atoms with van der Waals surface area (Å²) in [5.74, 6) is 0.117. The summed E-state index contributed by atoms with van der Waals surface area (Å²) >= 11 is 3.29. The molecule has 0 saturated carbocycles. The van der Waals surface area contributed by atoms with Crippen molar-refractivity contribution in [2.75, 3.05) is 0 Å². The third-order valence-electron chi connectivity index (χ3n) is 2.62. The van der Waals surface area contributed by atoms with E-state index in [1.165, 1.54) is 6.07 Å². The number of halogens is 2. The topological polar surface area (TPSA) is 34.2 Å². The van der Waals surface area contributed by atoms with Crippen LogP contribution in [0.2, 0.25) is 0 Å². The van der Waals surface area contributed by atoms with Gasteiger partial charge in [0, 0.05) is 29.3 Å². The minimum atomic E-state index is -0.416. The molecule has 0 fully saturated rings. The first-order chi connectivity index (χ1) is 9.54. The Hall–Kier alpha value is -1.46. The fourth-order valence-corrected chi connectivity index (χ4v) is 1.95. The van der Waals surface area contributed by atoms with Gasteiger partial charge in [0.1, 0.15) is 0 Å². The van der Waals surface area contributed by atoms with Gasteiger partial charge in [0.2, 0.25) is 5.88 Å². The Morgan fingerprint density at radius 1 is 1.30 bits per heavy atom. The number of nitrogens with one attached hydrogen (secondary N) is 1. The van der Waals surface area contributed by atoms with Crippen molar-refractivity contribution in [3.05, 3.63) is 52.4 Å². The smallest absolute Gasteiger partial charge is 0.219 e. The third-order valence-corrected chi connectivity index (χ3v) is 3.11. The van der Waals surface area contributed by atoms with Crippen LogP contribution < -0.4 is 10.1 Å². The Kier molecular flexibility index (Phi) is 5.09. The van der Waals surface area contributed by atoms with Gasteiger partial charge < -0.3 is 10.1 Å². The predicted octanol–water partition coefficient (Wildman–Crippen LogP) is 4.27. The van der Waals surface area contributed by atoms with Crippen LogP contribution in [0.4, 0.5) is 4.39 Å². The SMILES string of the molecule is CC(C)NCc1ccnc(Oc2cc(Br)ccc2F)c1. The molecule has 0 radical (unpaired) electrons. The highest BCUT2D eigenvalue weighted by Gasteiger charge is 2.07. The van der Waals surface area contributed by atoms with Crippen LogP contribution >= 0.6 is 15.9 Å². The molecular formula is C15H16BrFN2O. The second kappa shape index (κ2) is 6.81. The molecule has 0 bridgehead atoms. The Balaban J connectivity index is 2.13. The summed E-state index contributed by atoms with van der Waals surface area (Å²) in [5, 5.41) is 3.31. The largest absolute Gasteiger partial charge is 0.436 e. The summed E-state index contributed by atoms with van der Waals surface area (Å²) in [4.78, 5) is 4.10. The lowest BCUT2D eigenvalue weighted by Crippen LogP contribution is -2.21. The minimum absolute atomic E-state index is 0.154. The zero-order chi connectivity index (χ0) is 14.5. The minimum Gasteiger partial charge on any atom is -0.436 e. The molecule has 1 aromatic carbocycles. The lowest BCUT2D eigenvalue weighted by molar-refractivity contribution is 0.426. The molecule has 5 heteroatoms. The van der Waals surface area contributed by atoms with Crippen LogP contribution in [0.25, 0.3) is 0 Å². The first-order valence-corrected chi connectivity index (χ1v) is 7.15. The summed E-state index contributed by atoms with van der Waals surface area (Å²) in [5.41, 5.74) is 1.04. The van der Waals surface area contributed by atoms with E-state index in [2.05, 4.69) is 40.1 Å². The van der Waals surface area contributed by atoms with Crippen molar-refractivity contribution < 1.29 is 9.13 Å². The molecule has 106 valence electrons. The second-order valence-corrected chi connectivity index (χ2v) is 5.63. The second-order valence-electron chi connectivity index (χ2n) is 4.71. The molecule has 2 rings (SSSR count). The summed E-state index contributed by atoms with van der Waals surface area (Å²) in [6.45, 7) is 4.88. The first-order valence-electron chi connectivity index (χ1n) is 6.36. The maximum absolute atomic E-state index is 13.6. The molecule has 0 aliphatic carbocycles. The van der Waals surface area contributed by atoms with Crippen molar-refractivity contribution in [3.8, 4) is 11.6 Å². The van der Waals surface area contributed by atoms with Crippen molar-refractivity contribution in [2.24, 2.45) is 0 Å². The number of rotatable bonds is 5. The Morgan fingerprint density at radius 3 is 2.85 bits per heavy atom. The standard InChI is InChI=1S/C15H16BrFN2O/c1-10(2)19-9-11-5-6-18-15(7-11)20-14-8-12(16)3-4-13(14)17/h3-8,10,19H,9H2,1-2H3. The Morgan fingerprint density at radius 2 is 2.10 bits per heavy atom. The molecule has 0 atom stereocenters. The highest BCUT2D eigenvalue weighted by Crippen LogP contribution is 2.26. The highest BCUT2D eigenvalue weighted by atomic mass is 79.9. The van der Waals surface area contributed by atoms with E-state index in [0.717, 1.165) is 16.6 Å². The van der Waals surface area contributed by atoms with Crippen molar-refractivity contribution >= 4 is 15.9 Å². The molecule has 0 amide bonds. The fourth-order valence-electron chi connectivity index (χ4n) is 1.61. The first kappa shape index (κ1) is 14.9. The average Bonchev–Trinajstić information content (AvgIpc) is 2.41. The van der Waals surface area contributed by atoms with Crippen LogP contribution in [-0.4, -0.2) is 11.0 Å². The van der Waals surface area contributed by atoms with E-state index in [-0.39, 0.29) is 5.75 Å². The number of aromatic nitrogens is 1. The van der Waals surface area contributed by atoms with Gasteiger partial charge in [-0.15, -0.1) is 0 Å². The monoisotopic (exact) mass is 338 g/mol. The van der Waals surface area contributed by atoms with Crippen molar-refractivity contribution in [3.63, 3.8) is 0 Å². The zero-order valence-electron chi connectivity index (χ0n) is 11.4. The van der Waals surface area contributed by atoms with Crippen LogP contribution in [-0.2, 0) is 6.54 Å². The van der Waals surface area contributed by atoms with E-state index >= 15 is 0 Å². The molecule has 20 heavy (non-hydrogen) atoms. The molecule has 3 nitrogen and oxygen atoms in total. The van der Waals surface area contributed by atoms with Gasteiger partial charge >= 0.3 is 0 Å². The number of benzene rings is 1. The van der Waals surface area contributed by atoms with E-state index in [1.54, 1.807) is 24.4 Å². The van der Waals surface area contributed by atoms with Gasteiger partial charge in [0.25, 0.3) is 0 Å². The van der Waals surface area contributed by atoms with Crippen LogP contribution in [0.3, 0.4) is 0 Å². The van der Waals surface area contributed by atoms with Crippen LogP contribution in [0.5, 0.6) is 11.6 Å². The maximum atomic E-state index is 13.6. The third kappa shape index (κ3) is 4.28. The van der Waals surface area contributed by atoms with E-state index in [1.807, 2.05) is 6.07 Å². The highest BCUT2D eigenvalue weighted by molar-refractivity contribution is 9.10. The number of hydrogen-bond acceptors (Lipinski definition) is 3. The number of nitrogens with zero attached hydrogens (tertiary/aromatic N) is 1. The van der Waals surface area contributed by atoms with Crippen molar-refractivity contribution in [1.29, 1.82) is 0 Å². The fraction of sp³-hybridized carbons (Fsp3) is 0.267. The van der Waals surface area contributed by atoms with Gasteiger partial charge in [0.05, 0.1) is 0 Å². The molecule has 1 aromatic heterocycles. The lowest BCUT2D eigenvalue weighted by Gasteiger charge is -2.10. The van der Waals surface area contributed by atoms with E-state index < -0.39 is 5.82 Å². The molecular weight excluding hydrogens is 323 g/mol. The maximum Gasteiger partial charge on any atom is 0.219 e. The lowest BCUT2D eigenvalue weighted by atomic mass is 10.2. The Bertz CT molecular complexity index is 590. The summed E-state index contributed by atoms with van der Waals surface area (Å²) in [7, 11) is 0. The zero-order valence-corrected chi connectivity index (χ0v) is 12.9. The van der Waals surface area contributed by atoms with Gasteiger partial charge in [-0.2, -0.15) is 0 Å². The van der Waals surface area contributed by atoms with E-state index in [0.29, 0.717) is 11.9 Å². The van der Waals surface area contributed by atoms with Crippen LogP contribution in [0.15, 0.2) is 41.0 Å². The van der Waals surface area contributed by atoms with Gasteiger partial charge in [-0.3, -0.25) is 0 Å². The summed E-state index contributed by atoms with van der Waals surface area (Å²) in [6, 6.07) is 8.66. The van der Waals surface area contributed by atoms with Crippen molar-refractivity contribution in [1.82, 2.24) is 10.3 Å². The predicted molar refractivity (Wildman–Crippen MR) is 80.4 cm³/mol. The van der Waals surface area contributed by atoms with Crippen molar-refractivity contribution in [2.45, 2.75) is 26.4 Å². The molecule has 0 aliphatic heterocycles. The molecule has 2 aromatic rings. The molecule has 0 saturated heterocycles. The molecule has 0 unspecified atom stereocenters. The molecule has 1 N–H and O–H groups in total. The summed E-state index contributed by atoms with van der Waals surface area (Å²) in [6.07, 6.45) is 1.66.